The van der Waals surface area contributed by atoms with Crippen molar-refractivity contribution >= 4 is 17.9 Å². The molecule has 298 valence electrons. The number of unbranched alkanes of at least 4 members (excludes halogenated alkanes) is 12. The SMILES string of the molecule is C=C=C=C=CC(CCCCC)CCOC(=O)CCCCCCCC(CCCCCCCC(=O)OCCC(C)CCCCC)OC(=O)CN1CCCC1. The van der Waals surface area contributed by atoms with Gasteiger partial charge in [-0.2, -0.15) is 0 Å². The van der Waals surface area contributed by atoms with Gasteiger partial charge in [-0.1, -0.05) is 116 Å². The summed E-state index contributed by atoms with van der Waals surface area (Å²) in [5.74, 6) is 0.682. The van der Waals surface area contributed by atoms with Crippen LogP contribution < -0.4 is 0 Å². The number of carbonyl (C=O) groups excluding carboxylic acids is 3. The number of carbonyl (C=O) groups is 3. The molecule has 1 rings (SSSR count). The molecule has 3 unspecified atom stereocenters. The van der Waals surface area contributed by atoms with E-state index in [0.717, 1.165) is 129 Å². The maximum absolute atomic E-state index is 12.7. The minimum absolute atomic E-state index is 0.0339. The van der Waals surface area contributed by atoms with Gasteiger partial charge in [-0.05, 0) is 114 Å². The molecule has 0 aromatic carbocycles. The normalized spacial score (nSPS) is 14.4. The predicted molar refractivity (Wildman–Crippen MR) is 213 cm³/mol. The number of nitrogens with zero attached hydrogens (tertiary/aromatic N) is 1. The van der Waals surface area contributed by atoms with Crippen LogP contribution in [0.2, 0.25) is 0 Å². The second-order valence-corrected chi connectivity index (χ2v) is 15.2. The van der Waals surface area contributed by atoms with Gasteiger partial charge in [-0.25, -0.2) is 0 Å². The summed E-state index contributed by atoms with van der Waals surface area (Å²) in [5.41, 5.74) is 8.36. The molecule has 7 heteroatoms. The quantitative estimate of drug-likeness (QED) is 0.0282. The van der Waals surface area contributed by atoms with Crippen LogP contribution in [-0.4, -0.2) is 61.8 Å². The Morgan fingerprint density at radius 1 is 0.654 bits per heavy atom. The Morgan fingerprint density at radius 2 is 1.17 bits per heavy atom. The van der Waals surface area contributed by atoms with Crippen molar-refractivity contribution in [2.45, 2.75) is 194 Å². The summed E-state index contributed by atoms with van der Waals surface area (Å²) >= 11 is 0. The van der Waals surface area contributed by atoms with Crippen molar-refractivity contribution in [3.8, 4) is 0 Å². The average Bonchev–Trinajstić information content (AvgIpc) is 3.63. The van der Waals surface area contributed by atoms with E-state index in [1.807, 2.05) is 6.08 Å². The smallest absolute Gasteiger partial charge is 0.320 e. The number of rotatable bonds is 34. The molecule has 1 aliphatic rings. The van der Waals surface area contributed by atoms with Crippen LogP contribution in [-0.2, 0) is 28.6 Å². The van der Waals surface area contributed by atoms with Gasteiger partial charge >= 0.3 is 17.9 Å². The van der Waals surface area contributed by atoms with E-state index in [4.69, 9.17) is 14.2 Å². The number of hydrogen-bond acceptors (Lipinski definition) is 7. The molecule has 3 atom stereocenters. The van der Waals surface area contributed by atoms with Crippen LogP contribution in [0, 0.1) is 11.8 Å². The third kappa shape index (κ3) is 29.0. The lowest BCUT2D eigenvalue weighted by Crippen LogP contribution is -2.31. The second-order valence-electron chi connectivity index (χ2n) is 15.2. The van der Waals surface area contributed by atoms with Crippen molar-refractivity contribution in [3.05, 3.63) is 29.8 Å². The van der Waals surface area contributed by atoms with Crippen LogP contribution in [0.25, 0.3) is 0 Å². The zero-order valence-electron chi connectivity index (χ0n) is 33.8. The number of allylic oxidation sites excluding steroid dienone is 1. The Labute approximate surface area is 319 Å². The molecule has 0 amide bonds. The van der Waals surface area contributed by atoms with Gasteiger partial charge < -0.3 is 14.2 Å². The van der Waals surface area contributed by atoms with E-state index in [9.17, 15) is 14.4 Å². The monoisotopic (exact) mass is 728 g/mol. The fourth-order valence-electron chi connectivity index (χ4n) is 6.86. The highest BCUT2D eigenvalue weighted by Gasteiger charge is 2.19. The van der Waals surface area contributed by atoms with Gasteiger partial charge in [0.05, 0.1) is 19.8 Å². The van der Waals surface area contributed by atoms with E-state index >= 15 is 0 Å². The number of likely N-dealkylation sites (tertiary alicyclic amines) is 1. The van der Waals surface area contributed by atoms with Gasteiger partial charge in [0.2, 0.25) is 0 Å². The minimum atomic E-state index is -0.110. The molecule has 0 aromatic rings. The van der Waals surface area contributed by atoms with E-state index in [1.54, 1.807) is 0 Å². The molecule has 1 saturated heterocycles. The third-order valence-electron chi connectivity index (χ3n) is 10.2. The molecule has 0 aliphatic carbocycles. The highest BCUT2D eigenvalue weighted by Crippen LogP contribution is 2.19. The van der Waals surface area contributed by atoms with Crippen LogP contribution in [0.1, 0.15) is 188 Å². The van der Waals surface area contributed by atoms with Crippen LogP contribution in [0.4, 0.5) is 0 Å². The summed E-state index contributed by atoms with van der Waals surface area (Å²) in [7, 11) is 0. The van der Waals surface area contributed by atoms with E-state index in [-0.39, 0.29) is 24.0 Å². The summed E-state index contributed by atoms with van der Waals surface area (Å²) in [6.07, 6.45) is 28.5. The molecule has 0 radical (unpaired) electrons. The molecule has 0 aromatic heterocycles. The first-order valence-corrected chi connectivity index (χ1v) is 21.5. The van der Waals surface area contributed by atoms with Crippen molar-refractivity contribution < 1.29 is 28.6 Å². The van der Waals surface area contributed by atoms with Crippen LogP contribution in [0.3, 0.4) is 0 Å². The number of ether oxygens (including phenoxy) is 3. The first-order valence-electron chi connectivity index (χ1n) is 21.5. The van der Waals surface area contributed by atoms with Crippen LogP contribution >= 0.6 is 0 Å². The van der Waals surface area contributed by atoms with Gasteiger partial charge in [0.15, 0.2) is 0 Å². The molecule has 7 nitrogen and oxygen atoms in total. The Morgan fingerprint density at radius 3 is 1.75 bits per heavy atom. The molecule has 1 fully saturated rings. The summed E-state index contributed by atoms with van der Waals surface area (Å²) in [6.45, 7) is 13.6. The fraction of sp³-hybridized carbons (Fsp3) is 0.822. The highest BCUT2D eigenvalue weighted by molar-refractivity contribution is 5.72. The molecular formula is C45H77NO6. The second kappa shape index (κ2) is 34.2. The van der Waals surface area contributed by atoms with Crippen molar-refractivity contribution in [3.63, 3.8) is 0 Å². The first-order chi connectivity index (χ1) is 25.4. The Balaban J connectivity index is 2.25. The topological polar surface area (TPSA) is 82.1 Å². The lowest BCUT2D eigenvalue weighted by Gasteiger charge is -2.20. The molecule has 1 heterocycles. The van der Waals surface area contributed by atoms with Crippen molar-refractivity contribution in [2.24, 2.45) is 11.8 Å². The lowest BCUT2D eigenvalue weighted by atomic mass is 9.98. The standard InChI is InChI=1S/C45H77NO6/c1-5-8-17-26-40(4)33-37-50-43(47)31-22-15-11-13-20-29-42(52-45(49)39-46-35-24-25-36-46)30-21-14-12-16-23-32-44(48)51-38-34-41(27-18-9-6-2)28-19-10-7-3/h27,40-42H,2,5,7-8,10-17,19-26,28-39H2,1,3-4H3. The molecule has 0 bridgehead atoms. The van der Waals surface area contributed by atoms with E-state index in [1.165, 1.54) is 38.5 Å². The van der Waals surface area contributed by atoms with Crippen LogP contribution in [0.5, 0.6) is 0 Å². The maximum atomic E-state index is 12.7. The van der Waals surface area contributed by atoms with Gasteiger partial charge in [-0.3, -0.25) is 19.3 Å². The average molecular weight is 728 g/mol. The van der Waals surface area contributed by atoms with Crippen molar-refractivity contribution in [1.82, 2.24) is 4.90 Å². The third-order valence-corrected chi connectivity index (χ3v) is 10.2. The molecule has 0 N–H and O–H groups in total. The molecule has 0 saturated carbocycles. The number of hydrogen-bond donors (Lipinski definition) is 0. The lowest BCUT2D eigenvalue weighted by molar-refractivity contribution is -0.151. The molecule has 52 heavy (non-hydrogen) atoms. The maximum Gasteiger partial charge on any atom is 0.320 e. The highest BCUT2D eigenvalue weighted by atomic mass is 16.5. The largest absolute Gasteiger partial charge is 0.466 e. The molecule has 1 aliphatic heterocycles. The summed E-state index contributed by atoms with van der Waals surface area (Å²) in [4.78, 5) is 39.4. The van der Waals surface area contributed by atoms with Gasteiger partial charge in [0, 0.05) is 12.8 Å². The molecular weight excluding hydrogens is 650 g/mol. The predicted octanol–water partition coefficient (Wildman–Crippen LogP) is 11.4. The van der Waals surface area contributed by atoms with E-state index < -0.39 is 0 Å². The minimum Gasteiger partial charge on any atom is -0.466 e. The first kappa shape index (κ1) is 47.5. The fourth-order valence-corrected chi connectivity index (χ4v) is 6.86. The Kier molecular flexibility index (Phi) is 31.3. The Hall–Kier alpha value is -2.55. The van der Waals surface area contributed by atoms with Crippen LogP contribution in [0.15, 0.2) is 29.8 Å². The summed E-state index contributed by atoms with van der Waals surface area (Å²) in [6, 6.07) is 0. The van der Waals surface area contributed by atoms with E-state index in [0.29, 0.717) is 44.4 Å². The van der Waals surface area contributed by atoms with Gasteiger partial charge in [0.25, 0.3) is 0 Å². The number of esters is 3. The summed E-state index contributed by atoms with van der Waals surface area (Å²) < 4.78 is 17.0. The molecule has 0 spiro atoms. The van der Waals surface area contributed by atoms with Crippen molar-refractivity contribution in [1.29, 1.82) is 0 Å². The Bertz CT molecular complexity index is 1030. The van der Waals surface area contributed by atoms with Crippen molar-refractivity contribution in [2.75, 3.05) is 32.8 Å². The zero-order chi connectivity index (χ0) is 37.9. The van der Waals surface area contributed by atoms with Gasteiger partial charge in [-0.15, -0.1) is 0 Å². The zero-order valence-corrected chi connectivity index (χ0v) is 33.8. The van der Waals surface area contributed by atoms with Gasteiger partial charge in [0.1, 0.15) is 6.10 Å². The van der Waals surface area contributed by atoms with E-state index in [2.05, 4.69) is 49.4 Å². The summed E-state index contributed by atoms with van der Waals surface area (Å²) in [5, 5.41) is 0.